The van der Waals surface area contributed by atoms with Gasteiger partial charge in [0.2, 0.25) is 0 Å². The van der Waals surface area contributed by atoms with Gasteiger partial charge in [0.25, 0.3) is 0 Å². The molecule has 0 amide bonds. The van der Waals surface area contributed by atoms with E-state index < -0.39 is 0 Å². The van der Waals surface area contributed by atoms with Crippen LogP contribution < -0.4 is 9.80 Å². The van der Waals surface area contributed by atoms with Crippen molar-refractivity contribution in [2.24, 2.45) is 11.8 Å². The Kier molecular flexibility index (Phi) is 3.03. The number of anilines is 2. The van der Waals surface area contributed by atoms with Gasteiger partial charge in [0, 0.05) is 11.4 Å². The van der Waals surface area contributed by atoms with Crippen LogP contribution in [-0.4, -0.2) is 18.8 Å². The second-order valence-corrected chi connectivity index (χ2v) is 7.68. The van der Waals surface area contributed by atoms with E-state index in [0.29, 0.717) is 23.9 Å². The fourth-order valence-electron chi connectivity index (χ4n) is 4.93. The molecule has 1 heterocycles. The number of rotatable bonds is 2. The predicted molar refractivity (Wildman–Crippen MR) is 100 cm³/mol. The molecule has 0 spiro atoms. The molecule has 2 aliphatic carbocycles. The minimum absolute atomic E-state index is 0.615. The van der Waals surface area contributed by atoms with Crippen molar-refractivity contribution < 1.29 is 0 Å². The zero-order chi connectivity index (χ0) is 16.3. The maximum Gasteiger partial charge on any atom is 0.0910 e. The normalized spacial score (nSPS) is 30.2. The van der Waals surface area contributed by atoms with Crippen LogP contribution in [0.25, 0.3) is 0 Å². The van der Waals surface area contributed by atoms with Crippen LogP contribution in [-0.2, 0) is 0 Å². The molecule has 1 aliphatic heterocycles. The lowest BCUT2D eigenvalue weighted by molar-refractivity contribution is 0.535. The van der Waals surface area contributed by atoms with E-state index in [4.69, 9.17) is 0 Å². The average molecular weight is 316 g/mol. The summed E-state index contributed by atoms with van der Waals surface area (Å²) in [6.45, 7) is 5.32. The van der Waals surface area contributed by atoms with Gasteiger partial charge in [0.1, 0.15) is 0 Å². The van der Waals surface area contributed by atoms with Crippen molar-refractivity contribution in [1.29, 1.82) is 0 Å². The number of fused-ring (bicyclic) bond motifs is 5. The molecule has 1 saturated heterocycles. The lowest BCUT2D eigenvalue weighted by Crippen LogP contribution is -2.40. The molecular formula is C22H24N2. The van der Waals surface area contributed by atoms with Crippen molar-refractivity contribution >= 4 is 11.4 Å². The lowest BCUT2D eigenvalue weighted by atomic mass is 9.95. The van der Waals surface area contributed by atoms with Crippen LogP contribution in [0.15, 0.2) is 60.7 Å². The Balaban J connectivity index is 1.54. The van der Waals surface area contributed by atoms with Gasteiger partial charge in [-0.25, -0.2) is 0 Å². The maximum atomic E-state index is 2.64. The highest BCUT2D eigenvalue weighted by atomic mass is 15.4. The number of nitrogens with zero attached hydrogens (tertiary/aromatic N) is 2. The van der Waals surface area contributed by atoms with Gasteiger partial charge in [-0.2, -0.15) is 0 Å². The van der Waals surface area contributed by atoms with Crippen LogP contribution in [0.5, 0.6) is 0 Å². The molecular weight excluding hydrogens is 292 g/mol. The molecule has 122 valence electrons. The van der Waals surface area contributed by atoms with E-state index >= 15 is 0 Å². The largest absolute Gasteiger partial charge is 0.348 e. The highest BCUT2D eigenvalue weighted by Crippen LogP contribution is 2.49. The summed E-state index contributed by atoms with van der Waals surface area (Å²) < 4.78 is 0. The van der Waals surface area contributed by atoms with Crippen molar-refractivity contribution in [2.75, 3.05) is 16.5 Å². The summed E-state index contributed by atoms with van der Waals surface area (Å²) in [5, 5.41) is 0. The van der Waals surface area contributed by atoms with Crippen LogP contribution in [0.4, 0.5) is 11.4 Å². The van der Waals surface area contributed by atoms with Crippen LogP contribution >= 0.6 is 0 Å². The van der Waals surface area contributed by atoms with Crippen molar-refractivity contribution in [2.45, 2.75) is 32.4 Å². The Morgan fingerprint density at radius 2 is 1.08 bits per heavy atom. The molecule has 0 aromatic heterocycles. The van der Waals surface area contributed by atoms with E-state index in [1.807, 2.05) is 0 Å². The monoisotopic (exact) mass is 316 g/mol. The van der Waals surface area contributed by atoms with Crippen molar-refractivity contribution in [3.63, 3.8) is 0 Å². The van der Waals surface area contributed by atoms with Gasteiger partial charge in [-0.3, -0.25) is 0 Å². The standard InChI is InChI=1S/C22H24N2/c1-15-3-9-19(10-4-15)23-14-24(20-11-5-16(2)6-12-20)22-18-8-7-17(13-18)21(22)23/h3-12,17-18,21-22H,13-14H2,1-2H3/t17-,18+,21-,22+. The Bertz CT molecular complexity index is 709. The summed E-state index contributed by atoms with van der Waals surface area (Å²) in [5.74, 6) is 1.41. The molecule has 4 atom stereocenters. The molecule has 2 aromatic carbocycles. The van der Waals surface area contributed by atoms with Gasteiger partial charge in [-0.15, -0.1) is 0 Å². The number of hydrogen-bond acceptors (Lipinski definition) is 2. The van der Waals surface area contributed by atoms with Gasteiger partial charge in [-0.1, -0.05) is 47.5 Å². The molecule has 2 aromatic rings. The summed E-state index contributed by atoms with van der Waals surface area (Å²) in [7, 11) is 0. The lowest BCUT2D eigenvalue weighted by Gasteiger charge is -2.30. The molecule has 0 radical (unpaired) electrons. The molecule has 2 nitrogen and oxygen atoms in total. The average Bonchev–Trinajstić information content (AvgIpc) is 3.28. The fourth-order valence-corrected chi connectivity index (χ4v) is 4.93. The van der Waals surface area contributed by atoms with Crippen molar-refractivity contribution in [1.82, 2.24) is 0 Å². The van der Waals surface area contributed by atoms with Crippen LogP contribution in [0, 0.1) is 25.7 Å². The Morgan fingerprint density at radius 3 is 1.50 bits per heavy atom. The number of benzene rings is 2. The second-order valence-electron chi connectivity index (χ2n) is 7.68. The molecule has 0 unspecified atom stereocenters. The van der Waals surface area contributed by atoms with Gasteiger partial charge in [-0.05, 0) is 56.4 Å². The predicted octanol–water partition coefficient (Wildman–Crippen LogP) is 4.53. The van der Waals surface area contributed by atoms with Gasteiger partial charge >= 0.3 is 0 Å². The first kappa shape index (κ1) is 14.2. The second kappa shape index (κ2) is 5.14. The Morgan fingerprint density at radius 1 is 0.667 bits per heavy atom. The Hall–Kier alpha value is -2.22. The van der Waals surface area contributed by atoms with Crippen LogP contribution in [0.1, 0.15) is 17.5 Å². The highest BCUT2D eigenvalue weighted by Gasteiger charge is 2.54. The summed E-state index contributed by atoms with van der Waals surface area (Å²) in [5.41, 5.74) is 5.40. The third-order valence-electron chi connectivity index (χ3n) is 6.13. The summed E-state index contributed by atoms with van der Waals surface area (Å²) in [4.78, 5) is 5.27. The van der Waals surface area contributed by atoms with E-state index in [9.17, 15) is 0 Å². The first-order valence-electron chi connectivity index (χ1n) is 9.06. The van der Waals surface area contributed by atoms with Crippen molar-refractivity contribution in [3.8, 4) is 0 Å². The van der Waals surface area contributed by atoms with E-state index in [-0.39, 0.29) is 0 Å². The topological polar surface area (TPSA) is 6.48 Å². The quantitative estimate of drug-likeness (QED) is 0.751. The molecule has 2 fully saturated rings. The fraction of sp³-hybridized carbons (Fsp3) is 0.364. The van der Waals surface area contributed by atoms with E-state index in [0.717, 1.165) is 6.67 Å². The smallest absolute Gasteiger partial charge is 0.0910 e. The number of aryl methyl sites for hydroxylation is 2. The van der Waals surface area contributed by atoms with Gasteiger partial charge in [0.05, 0.1) is 18.8 Å². The minimum atomic E-state index is 0.615. The third kappa shape index (κ3) is 2.02. The van der Waals surface area contributed by atoms with E-state index in [2.05, 4.69) is 84.3 Å². The molecule has 2 bridgehead atoms. The molecule has 1 saturated carbocycles. The SMILES string of the molecule is Cc1ccc(N2CN(c3ccc(C)cc3)[C@H]3[C@@H]2[C@H]2C=C[C@@H]3C2)cc1. The molecule has 0 N–H and O–H groups in total. The molecule has 5 rings (SSSR count). The summed E-state index contributed by atoms with van der Waals surface area (Å²) in [6.07, 6.45) is 6.25. The molecule has 24 heavy (non-hydrogen) atoms. The molecule has 2 heteroatoms. The van der Waals surface area contributed by atoms with Gasteiger partial charge in [0.15, 0.2) is 0 Å². The third-order valence-corrected chi connectivity index (χ3v) is 6.13. The number of hydrogen-bond donors (Lipinski definition) is 0. The minimum Gasteiger partial charge on any atom is -0.348 e. The highest BCUT2D eigenvalue weighted by molar-refractivity contribution is 5.60. The van der Waals surface area contributed by atoms with Crippen molar-refractivity contribution in [3.05, 3.63) is 71.8 Å². The van der Waals surface area contributed by atoms with E-state index in [1.165, 1.54) is 28.9 Å². The summed E-state index contributed by atoms with van der Waals surface area (Å²) in [6, 6.07) is 19.4. The first-order chi connectivity index (χ1) is 11.7. The first-order valence-corrected chi connectivity index (χ1v) is 9.06. The van der Waals surface area contributed by atoms with Crippen LogP contribution in [0.3, 0.4) is 0 Å². The zero-order valence-corrected chi connectivity index (χ0v) is 14.4. The maximum absolute atomic E-state index is 2.64. The van der Waals surface area contributed by atoms with E-state index in [1.54, 1.807) is 0 Å². The molecule has 3 aliphatic rings. The van der Waals surface area contributed by atoms with Crippen LogP contribution in [0.2, 0.25) is 0 Å². The Labute approximate surface area is 144 Å². The zero-order valence-electron chi connectivity index (χ0n) is 14.4. The summed E-state index contributed by atoms with van der Waals surface area (Å²) >= 11 is 0. The van der Waals surface area contributed by atoms with Gasteiger partial charge < -0.3 is 9.80 Å².